The molecule has 0 radical (unpaired) electrons. The van der Waals surface area contributed by atoms with E-state index in [2.05, 4.69) is 10.6 Å². The summed E-state index contributed by atoms with van der Waals surface area (Å²) in [4.78, 5) is 27.6. The molecule has 184 valence electrons. The SMILES string of the molecule is Cc1cccc(C)c1NC(=O)CN(CCOc1ccc(Cl)cc1)CC(=O)Nc1c(C)cccc1C. The predicted octanol–water partition coefficient (Wildman–Crippen LogP) is 5.53. The maximum absolute atomic E-state index is 12.9. The summed E-state index contributed by atoms with van der Waals surface area (Å²) in [6, 6.07) is 18.8. The number of para-hydroxylation sites is 2. The topological polar surface area (TPSA) is 70.7 Å². The summed E-state index contributed by atoms with van der Waals surface area (Å²) in [5.74, 6) is 0.303. The molecule has 0 fully saturated rings. The minimum atomic E-state index is -0.186. The molecule has 0 saturated heterocycles. The Morgan fingerprint density at radius 1 is 0.743 bits per heavy atom. The maximum Gasteiger partial charge on any atom is 0.238 e. The number of anilines is 2. The number of amides is 2. The van der Waals surface area contributed by atoms with Gasteiger partial charge < -0.3 is 15.4 Å². The zero-order valence-corrected chi connectivity index (χ0v) is 21.4. The summed E-state index contributed by atoms with van der Waals surface area (Å²) < 4.78 is 5.80. The molecule has 0 aliphatic carbocycles. The van der Waals surface area contributed by atoms with Crippen LogP contribution in [0, 0.1) is 27.7 Å². The number of nitrogens with zero attached hydrogens (tertiary/aromatic N) is 1. The molecule has 0 aliphatic heterocycles. The molecule has 3 rings (SSSR count). The first-order valence-electron chi connectivity index (χ1n) is 11.6. The minimum absolute atomic E-state index is 0.0535. The van der Waals surface area contributed by atoms with E-state index in [0.717, 1.165) is 33.6 Å². The Bertz CT molecular complexity index is 1070. The van der Waals surface area contributed by atoms with Crippen molar-refractivity contribution in [1.29, 1.82) is 0 Å². The molecule has 3 aromatic carbocycles. The van der Waals surface area contributed by atoms with Gasteiger partial charge in [0.05, 0.1) is 13.1 Å². The van der Waals surface area contributed by atoms with Crippen molar-refractivity contribution in [2.45, 2.75) is 27.7 Å². The van der Waals surface area contributed by atoms with E-state index in [1.807, 2.05) is 64.1 Å². The van der Waals surface area contributed by atoms with E-state index in [9.17, 15) is 9.59 Å². The zero-order valence-electron chi connectivity index (χ0n) is 20.7. The van der Waals surface area contributed by atoms with E-state index >= 15 is 0 Å². The lowest BCUT2D eigenvalue weighted by Gasteiger charge is -2.22. The molecule has 7 heteroatoms. The lowest BCUT2D eigenvalue weighted by atomic mass is 10.1. The molecule has 2 amide bonds. The van der Waals surface area contributed by atoms with Crippen molar-refractivity contribution in [2.75, 3.05) is 36.9 Å². The molecule has 0 atom stereocenters. The van der Waals surface area contributed by atoms with Gasteiger partial charge in [0.2, 0.25) is 11.8 Å². The summed E-state index contributed by atoms with van der Waals surface area (Å²) in [5.41, 5.74) is 5.56. The highest BCUT2D eigenvalue weighted by Crippen LogP contribution is 2.21. The zero-order chi connectivity index (χ0) is 25.4. The van der Waals surface area contributed by atoms with Crippen LogP contribution in [0.3, 0.4) is 0 Å². The lowest BCUT2D eigenvalue weighted by Crippen LogP contribution is -2.41. The lowest BCUT2D eigenvalue weighted by molar-refractivity contribution is -0.120. The third kappa shape index (κ3) is 7.84. The van der Waals surface area contributed by atoms with E-state index in [0.29, 0.717) is 23.9 Å². The third-order valence-corrected chi connectivity index (χ3v) is 5.97. The highest BCUT2D eigenvalue weighted by Gasteiger charge is 2.17. The third-order valence-electron chi connectivity index (χ3n) is 5.72. The van der Waals surface area contributed by atoms with E-state index in [-0.39, 0.29) is 24.9 Å². The number of ether oxygens (including phenoxy) is 1. The number of carbonyl (C=O) groups excluding carboxylic acids is 2. The van der Waals surface area contributed by atoms with E-state index in [4.69, 9.17) is 16.3 Å². The highest BCUT2D eigenvalue weighted by molar-refractivity contribution is 6.30. The average molecular weight is 494 g/mol. The fraction of sp³-hybridized carbons (Fsp3) is 0.286. The minimum Gasteiger partial charge on any atom is -0.492 e. The Morgan fingerprint density at radius 3 is 1.60 bits per heavy atom. The van der Waals surface area contributed by atoms with Crippen LogP contribution in [0.2, 0.25) is 5.02 Å². The number of benzene rings is 3. The van der Waals surface area contributed by atoms with Gasteiger partial charge in [-0.05, 0) is 74.2 Å². The second kappa shape index (κ2) is 12.4. The molecule has 0 unspecified atom stereocenters. The van der Waals surface area contributed by atoms with Crippen LogP contribution in [0.15, 0.2) is 60.7 Å². The molecule has 3 aromatic rings. The Balaban J connectivity index is 1.67. The van der Waals surface area contributed by atoms with E-state index < -0.39 is 0 Å². The number of hydrogen-bond donors (Lipinski definition) is 2. The van der Waals surface area contributed by atoms with Crippen LogP contribution in [-0.2, 0) is 9.59 Å². The van der Waals surface area contributed by atoms with Crippen molar-refractivity contribution >= 4 is 34.8 Å². The average Bonchev–Trinajstić information content (AvgIpc) is 2.80. The van der Waals surface area contributed by atoms with Crippen molar-refractivity contribution in [3.05, 3.63) is 87.9 Å². The molecule has 0 saturated carbocycles. The molecular formula is C28H32ClN3O3. The van der Waals surface area contributed by atoms with Crippen LogP contribution in [-0.4, -0.2) is 43.0 Å². The van der Waals surface area contributed by atoms with Gasteiger partial charge in [0.25, 0.3) is 0 Å². The number of hydrogen-bond acceptors (Lipinski definition) is 4. The predicted molar refractivity (Wildman–Crippen MR) is 142 cm³/mol. The molecule has 2 N–H and O–H groups in total. The normalized spacial score (nSPS) is 10.8. The van der Waals surface area contributed by atoms with Gasteiger partial charge >= 0.3 is 0 Å². The van der Waals surface area contributed by atoms with Crippen molar-refractivity contribution < 1.29 is 14.3 Å². The largest absolute Gasteiger partial charge is 0.492 e. The van der Waals surface area contributed by atoms with Gasteiger partial charge in [-0.3, -0.25) is 14.5 Å². The number of carbonyl (C=O) groups is 2. The van der Waals surface area contributed by atoms with Gasteiger partial charge in [0.15, 0.2) is 0 Å². The molecule has 6 nitrogen and oxygen atoms in total. The van der Waals surface area contributed by atoms with Crippen molar-refractivity contribution in [1.82, 2.24) is 4.90 Å². The Labute approximate surface area is 212 Å². The van der Waals surface area contributed by atoms with Crippen LogP contribution in [0.5, 0.6) is 5.75 Å². The Kier molecular flexibility index (Phi) is 9.29. The van der Waals surface area contributed by atoms with Gasteiger partial charge in [-0.25, -0.2) is 0 Å². The Hall–Kier alpha value is -3.35. The molecular weight excluding hydrogens is 462 g/mol. The second-order valence-corrected chi connectivity index (χ2v) is 9.08. The Morgan fingerprint density at radius 2 is 1.17 bits per heavy atom. The maximum atomic E-state index is 12.9. The van der Waals surface area contributed by atoms with Crippen LogP contribution in [0.25, 0.3) is 0 Å². The number of halogens is 1. The van der Waals surface area contributed by atoms with Gasteiger partial charge in [0.1, 0.15) is 12.4 Å². The first-order chi connectivity index (χ1) is 16.7. The van der Waals surface area contributed by atoms with Crippen molar-refractivity contribution in [3.8, 4) is 5.75 Å². The van der Waals surface area contributed by atoms with Gasteiger partial charge in [-0.1, -0.05) is 48.0 Å². The summed E-state index contributed by atoms with van der Waals surface area (Å²) >= 11 is 5.94. The number of nitrogens with one attached hydrogen (secondary N) is 2. The fourth-order valence-electron chi connectivity index (χ4n) is 3.82. The molecule has 0 aliphatic rings. The first kappa shape index (κ1) is 26.3. The molecule has 0 spiro atoms. The summed E-state index contributed by atoms with van der Waals surface area (Å²) in [6.07, 6.45) is 0. The number of aryl methyl sites for hydroxylation is 4. The molecule has 35 heavy (non-hydrogen) atoms. The summed E-state index contributed by atoms with van der Waals surface area (Å²) in [7, 11) is 0. The smallest absolute Gasteiger partial charge is 0.238 e. The highest BCUT2D eigenvalue weighted by atomic mass is 35.5. The van der Waals surface area contributed by atoms with Crippen molar-refractivity contribution in [3.63, 3.8) is 0 Å². The van der Waals surface area contributed by atoms with E-state index in [1.54, 1.807) is 29.2 Å². The van der Waals surface area contributed by atoms with Gasteiger partial charge in [-0.2, -0.15) is 0 Å². The molecule has 0 bridgehead atoms. The van der Waals surface area contributed by atoms with Gasteiger partial charge in [-0.15, -0.1) is 0 Å². The van der Waals surface area contributed by atoms with Crippen LogP contribution in [0.1, 0.15) is 22.3 Å². The summed E-state index contributed by atoms with van der Waals surface area (Å²) in [5, 5.41) is 6.62. The molecule has 0 heterocycles. The van der Waals surface area contributed by atoms with Crippen LogP contribution in [0.4, 0.5) is 11.4 Å². The number of rotatable bonds is 10. The van der Waals surface area contributed by atoms with Crippen LogP contribution < -0.4 is 15.4 Å². The monoisotopic (exact) mass is 493 g/mol. The van der Waals surface area contributed by atoms with Gasteiger partial charge in [0, 0.05) is 22.9 Å². The van der Waals surface area contributed by atoms with E-state index in [1.165, 1.54) is 0 Å². The fourth-order valence-corrected chi connectivity index (χ4v) is 3.95. The molecule has 0 aromatic heterocycles. The second-order valence-electron chi connectivity index (χ2n) is 8.64. The summed E-state index contributed by atoms with van der Waals surface area (Å²) in [6.45, 7) is 8.64. The van der Waals surface area contributed by atoms with Crippen molar-refractivity contribution in [2.24, 2.45) is 0 Å². The quantitative estimate of drug-likeness (QED) is 0.389. The van der Waals surface area contributed by atoms with Crippen LogP contribution >= 0.6 is 11.6 Å². The standard InChI is InChI=1S/C28H32ClN3O3/c1-19-7-5-8-20(2)27(19)30-25(33)17-32(15-16-35-24-13-11-23(29)12-14-24)18-26(34)31-28-21(3)9-6-10-22(28)4/h5-14H,15-18H2,1-4H3,(H,30,33)(H,31,34). The first-order valence-corrected chi connectivity index (χ1v) is 11.9.